The maximum atomic E-state index is 11.4. The first kappa shape index (κ1) is 33.7. The first-order valence-corrected chi connectivity index (χ1v) is 18.1. The van der Waals surface area contributed by atoms with Gasteiger partial charge in [0, 0.05) is 36.5 Å². The van der Waals surface area contributed by atoms with Crippen LogP contribution in [0.15, 0.2) is 143 Å². The van der Waals surface area contributed by atoms with E-state index in [1.807, 2.05) is 18.2 Å². The number of allylic oxidation sites excluding steroid dienone is 5. The van der Waals surface area contributed by atoms with E-state index in [9.17, 15) is 25.9 Å². The highest BCUT2D eigenvalue weighted by molar-refractivity contribution is 7.86. The zero-order valence-electron chi connectivity index (χ0n) is 26.2. The summed E-state index contributed by atoms with van der Waals surface area (Å²) in [6.45, 7) is 6.73. The van der Waals surface area contributed by atoms with Gasteiger partial charge in [-0.15, -0.1) is 0 Å². The Bertz CT molecular complexity index is 2050. The predicted octanol–water partition coefficient (Wildman–Crippen LogP) is 6.47. The van der Waals surface area contributed by atoms with Crippen molar-refractivity contribution >= 4 is 37.2 Å². The summed E-state index contributed by atoms with van der Waals surface area (Å²) in [4.78, 5) is 1.83. The first-order chi connectivity index (χ1) is 22.5. The van der Waals surface area contributed by atoms with Crippen LogP contribution in [0, 0.1) is 0 Å². The van der Waals surface area contributed by atoms with Crippen LogP contribution in [0.4, 0.5) is 5.69 Å². The third-order valence-corrected chi connectivity index (χ3v) is 9.77. The molecule has 0 amide bonds. The molecule has 4 aromatic rings. The average Bonchev–Trinajstić information content (AvgIpc) is 3.07. The molecule has 1 aliphatic carbocycles. The number of hydrogen-bond acceptors (Lipinski definition) is 6. The maximum Gasteiger partial charge on any atom is 0.294 e. The Morgan fingerprint density at radius 3 is 1.79 bits per heavy atom. The van der Waals surface area contributed by atoms with Crippen molar-refractivity contribution in [2.24, 2.45) is 0 Å². The topological polar surface area (TPSA) is 118 Å². The SMILES string of the molecule is CCN(Cc1ccc(S(=O)(=O)O)cc1)c1ccc(C(=C2C=CC(=[N+](CC)Cc3ccc(S(=O)(=O)[O-])cc3)C=C2)c2ccccc2)cc1. The summed E-state index contributed by atoms with van der Waals surface area (Å²) < 4.78 is 68.2. The molecule has 0 heterocycles. The van der Waals surface area contributed by atoms with Gasteiger partial charge in [0.15, 0.2) is 12.3 Å². The molecule has 242 valence electrons. The van der Waals surface area contributed by atoms with E-state index < -0.39 is 20.2 Å². The van der Waals surface area contributed by atoms with Crippen molar-refractivity contribution in [2.45, 2.75) is 36.7 Å². The Morgan fingerprint density at radius 2 is 1.26 bits per heavy atom. The smallest absolute Gasteiger partial charge is 0.294 e. The van der Waals surface area contributed by atoms with Crippen molar-refractivity contribution in [3.8, 4) is 0 Å². The molecule has 0 unspecified atom stereocenters. The lowest BCUT2D eigenvalue weighted by Gasteiger charge is -2.24. The van der Waals surface area contributed by atoms with Gasteiger partial charge < -0.3 is 9.45 Å². The zero-order valence-corrected chi connectivity index (χ0v) is 27.8. The third kappa shape index (κ3) is 8.41. The van der Waals surface area contributed by atoms with Gasteiger partial charge in [0.25, 0.3) is 10.1 Å². The normalized spacial score (nSPS) is 13.1. The second kappa shape index (κ2) is 14.4. The van der Waals surface area contributed by atoms with Gasteiger partial charge in [-0.2, -0.15) is 8.42 Å². The van der Waals surface area contributed by atoms with Crippen LogP contribution < -0.4 is 4.90 Å². The number of hydrogen-bond donors (Lipinski definition) is 1. The fourth-order valence-corrected chi connectivity index (χ4v) is 6.47. The highest BCUT2D eigenvalue weighted by Gasteiger charge is 2.17. The molecular formula is C37H36N2O6S2. The van der Waals surface area contributed by atoms with E-state index in [4.69, 9.17) is 0 Å². The molecule has 0 aromatic heterocycles. The Labute approximate surface area is 276 Å². The van der Waals surface area contributed by atoms with E-state index in [1.165, 1.54) is 24.3 Å². The second-order valence-electron chi connectivity index (χ2n) is 11.1. The van der Waals surface area contributed by atoms with Crippen LogP contribution in [-0.4, -0.2) is 49.3 Å². The standard InChI is InChI=1S/C37H36N2O6S2/c1-3-38(26-28-10-22-35(23-11-28)46(40,41)42)33-18-14-31(15-19-33)37(30-8-6-5-7-9-30)32-16-20-34(21-17-32)39(4-2)27-29-12-24-36(25-13-29)47(43,44)45/h5-25H,3-4,26-27H2,1-2H3,(H-,40,41,42,43,44,45). The summed E-state index contributed by atoms with van der Waals surface area (Å²) in [6.07, 6.45) is 8.38. The molecule has 0 fully saturated rings. The molecule has 4 aromatic carbocycles. The van der Waals surface area contributed by atoms with Crippen LogP contribution >= 0.6 is 0 Å². The van der Waals surface area contributed by atoms with Crippen molar-refractivity contribution in [1.82, 2.24) is 0 Å². The van der Waals surface area contributed by atoms with Crippen LogP contribution in [0.1, 0.15) is 36.1 Å². The highest BCUT2D eigenvalue weighted by Crippen LogP contribution is 2.31. The zero-order chi connectivity index (χ0) is 33.6. The molecule has 1 aliphatic rings. The van der Waals surface area contributed by atoms with Crippen LogP contribution in [0.2, 0.25) is 0 Å². The summed E-state index contributed by atoms with van der Waals surface area (Å²) in [5.74, 6) is 0. The van der Waals surface area contributed by atoms with Crippen LogP contribution in [0.25, 0.3) is 5.57 Å². The lowest BCUT2D eigenvalue weighted by Crippen LogP contribution is -2.22. The van der Waals surface area contributed by atoms with Crippen LogP contribution in [-0.2, 0) is 33.3 Å². The molecule has 0 radical (unpaired) electrons. The molecule has 0 atom stereocenters. The van der Waals surface area contributed by atoms with Crippen LogP contribution in [0.5, 0.6) is 0 Å². The van der Waals surface area contributed by atoms with E-state index >= 15 is 0 Å². The van der Waals surface area contributed by atoms with Gasteiger partial charge in [0.2, 0.25) is 0 Å². The first-order valence-electron chi connectivity index (χ1n) is 15.2. The van der Waals surface area contributed by atoms with E-state index in [1.54, 1.807) is 24.3 Å². The second-order valence-corrected chi connectivity index (χ2v) is 13.9. The molecule has 0 saturated carbocycles. The molecule has 10 heteroatoms. The Hall–Kier alpha value is -4.61. The summed E-state index contributed by atoms with van der Waals surface area (Å²) in [5, 5.41) is 0. The summed E-state index contributed by atoms with van der Waals surface area (Å²) in [6, 6.07) is 30.9. The Balaban J connectivity index is 1.41. The van der Waals surface area contributed by atoms with Gasteiger partial charge in [0.05, 0.1) is 9.79 Å². The minimum Gasteiger partial charge on any atom is -0.744 e. The Kier molecular flexibility index (Phi) is 10.4. The quantitative estimate of drug-likeness (QED) is 0.144. The molecule has 47 heavy (non-hydrogen) atoms. The average molecular weight is 669 g/mol. The number of nitrogens with zero attached hydrogens (tertiary/aromatic N) is 2. The minimum absolute atomic E-state index is 0.126. The van der Waals surface area contributed by atoms with Crippen molar-refractivity contribution in [3.63, 3.8) is 0 Å². The van der Waals surface area contributed by atoms with Gasteiger partial charge in [-0.25, -0.2) is 13.0 Å². The van der Waals surface area contributed by atoms with E-state index in [0.717, 1.165) is 57.9 Å². The molecule has 0 aliphatic heterocycles. The highest BCUT2D eigenvalue weighted by atomic mass is 32.2. The van der Waals surface area contributed by atoms with Gasteiger partial charge in [-0.1, -0.05) is 66.7 Å². The van der Waals surface area contributed by atoms with Gasteiger partial charge in [-0.3, -0.25) is 4.55 Å². The van der Waals surface area contributed by atoms with Crippen molar-refractivity contribution in [3.05, 3.63) is 155 Å². The van der Waals surface area contributed by atoms with E-state index in [0.29, 0.717) is 13.1 Å². The molecule has 0 saturated heterocycles. The van der Waals surface area contributed by atoms with Crippen molar-refractivity contribution < 1.29 is 30.5 Å². The van der Waals surface area contributed by atoms with Gasteiger partial charge in [0.1, 0.15) is 16.7 Å². The molecule has 0 spiro atoms. The lowest BCUT2D eigenvalue weighted by atomic mass is 9.90. The largest absolute Gasteiger partial charge is 0.744 e. The van der Waals surface area contributed by atoms with Crippen LogP contribution in [0.3, 0.4) is 0 Å². The van der Waals surface area contributed by atoms with Crippen molar-refractivity contribution in [2.75, 3.05) is 18.0 Å². The fourth-order valence-electron chi connectivity index (χ4n) is 5.52. The summed E-state index contributed by atoms with van der Waals surface area (Å²) in [5.41, 5.74) is 8.15. The molecule has 0 bridgehead atoms. The summed E-state index contributed by atoms with van der Waals surface area (Å²) >= 11 is 0. The predicted molar refractivity (Wildman–Crippen MR) is 184 cm³/mol. The number of anilines is 1. The maximum absolute atomic E-state index is 11.4. The number of benzene rings is 4. The third-order valence-electron chi connectivity index (χ3n) is 8.05. The molecule has 1 N–H and O–H groups in total. The minimum atomic E-state index is -4.48. The van der Waals surface area contributed by atoms with Gasteiger partial charge >= 0.3 is 0 Å². The lowest BCUT2D eigenvalue weighted by molar-refractivity contribution is -0.539. The monoisotopic (exact) mass is 668 g/mol. The number of rotatable bonds is 11. The molecule has 5 rings (SSSR count). The fraction of sp³-hybridized carbons (Fsp3) is 0.162. The van der Waals surface area contributed by atoms with Gasteiger partial charge in [-0.05, 0) is 90.2 Å². The molecule has 8 nitrogen and oxygen atoms in total. The summed E-state index contributed by atoms with van der Waals surface area (Å²) in [7, 11) is -8.72. The van der Waals surface area contributed by atoms with E-state index in [-0.39, 0.29) is 9.79 Å². The Morgan fingerprint density at radius 1 is 0.702 bits per heavy atom. The van der Waals surface area contributed by atoms with Crippen molar-refractivity contribution in [1.29, 1.82) is 0 Å². The van der Waals surface area contributed by atoms with E-state index in [2.05, 4.69) is 84.0 Å². The molecular weight excluding hydrogens is 633 g/mol.